The zero-order valence-corrected chi connectivity index (χ0v) is 18.9. The maximum absolute atomic E-state index is 14.6. The summed E-state index contributed by atoms with van der Waals surface area (Å²) in [6, 6.07) is 10.5. The number of halogens is 5. The highest BCUT2D eigenvalue weighted by Gasteiger charge is 2.42. The number of hydrogen-bond donors (Lipinski definition) is 2. The summed E-state index contributed by atoms with van der Waals surface area (Å²) in [5.74, 6) is -0.342. The molecule has 0 saturated heterocycles. The topological polar surface area (TPSA) is 40.3 Å². The third-order valence-electron chi connectivity index (χ3n) is 6.12. The zero-order chi connectivity index (χ0) is 24.3. The molecule has 2 N–H and O–H groups in total. The molecule has 34 heavy (non-hydrogen) atoms. The van der Waals surface area contributed by atoms with E-state index >= 15 is 0 Å². The average Bonchev–Trinajstić information content (AvgIpc) is 3.13. The number of nitrogens with zero attached hydrogens (tertiary/aromatic N) is 1. The number of rotatable bonds is 9. The second kappa shape index (κ2) is 10.3. The first-order valence-electron chi connectivity index (χ1n) is 11.4. The number of benzene rings is 2. The minimum atomic E-state index is -4.41. The molecule has 2 atom stereocenters. The van der Waals surface area contributed by atoms with E-state index in [-0.39, 0.29) is 12.4 Å². The Hall–Kier alpha value is -2.65. The fourth-order valence-corrected chi connectivity index (χ4v) is 4.70. The minimum absolute atomic E-state index is 0.222. The number of aromatic amines is 1. The SMILES string of the molecule is C[C@@H]1Cc2c([nH]c3ccccc23)[C@@H](c2cc(F)cc(OCCNCCCF)c2)N1CC(F)(F)F. The normalized spacial score (nSPS) is 18.9. The van der Waals surface area contributed by atoms with Crippen LogP contribution in [0, 0.1) is 5.82 Å². The minimum Gasteiger partial charge on any atom is -0.492 e. The second-order valence-corrected chi connectivity index (χ2v) is 8.67. The number of alkyl halides is 4. The Kier molecular flexibility index (Phi) is 7.42. The van der Waals surface area contributed by atoms with Gasteiger partial charge < -0.3 is 15.0 Å². The molecule has 4 rings (SSSR count). The van der Waals surface area contributed by atoms with Gasteiger partial charge in [0.2, 0.25) is 0 Å². The van der Waals surface area contributed by atoms with E-state index < -0.39 is 37.3 Å². The van der Waals surface area contributed by atoms with Gasteiger partial charge in [0.1, 0.15) is 18.2 Å². The van der Waals surface area contributed by atoms with Crippen LogP contribution in [0.1, 0.15) is 36.2 Å². The maximum Gasteiger partial charge on any atom is 0.401 e. The van der Waals surface area contributed by atoms with Crippen molar-refractivity contribution in [3.63, 3.8) is 0 Å². The predicted octanol–water partition coefficient (Wildman–Crippen LogP) is 5.53. The van der Waals surface area contributed by atoms with E-state index in [1.807, 2.05) is 24.3 Å². The molecule has 0 saturated carbocycles. The molecule has 1 aromatic heterocycles. The average molecular weight is 482 g/mol. The number of fused-ring (bicyclic) bond motifs is 3. The van der Waals surface area contributed by atoms with Crippen molar-refractivity contribution < 1.29 is 26.7 Å². The van der Waals surface area contributed by atoms with Crippen LogP contribution in [-0.4, -0.2) is 55.0 Å². The Morgan fingerprint density at radius 3 is 2.71 bits per heavy atom. The molecular weight excluding hydrogens is 453 g/mol. The number of H-pyrrole nitrogens is 1. The molecular formula is C25H28F5N3O. The van der Waals surface area contributed by atoms with E-state index in [2.05, 4.69) is 10.3 Å². The summed E-state index contributed by atoms with van der Waals surface area (Å²) in [6.45, 7) is 1.41. The third kappa shape index (κ3) is 5.52. The zero-order valence-electron chi connectivity index (χ0n) is 18.9. The number of nitrogens with one attached hydrogen (secondary N) is 2. The molecule has 0 fully saturated rings. The molecule has 0 spiro atoms. The van der Waals surface area contributed by atoms with Gasteiger partial charge >= 0.3 is 6.18 Å². The van der Waals surface area contributed by atoms with Gasteiger partial charge in [-0.1, -0.05) is 18.2 Å². The first-order chi connectivity index (χ1) is 16.3. The molecule has 1 aliphatic rings. The van der Waals surface area contributed by atoms with Gasteiger partial charge in [-0.3, -0.25) is 9.29 Å². The van der Waals surface area contributed by atoms with Gasteiger partial charge in [0, 0.05) is 35.2 Å². The molecule has 2 aromatic carbocycles. The van der Waals surface area contributed by atoms with Crippen molar-refractivity contribution in [2.45, 2.75) is 38.0 Å². The molecule has 0 unspecified atom stereocenters. The molecule has 184 valence electrons. The van der Waals surface area contributed by atoms with Crippen molar-refractivity contribution in [3.8, 4) is 5.75 Å². The van der Waals surface area contributed by atoms with Crippen molar-refractivity contribution in [1.82, 2.24) is 15.2 Å². The molecule has 0 aliphatic carbocycles. The number of ether oxygens (including phenoxy) is 1. The van der Waals surface area contributed by atoms with Crippen LogP contribution in [0.2, 0.25) is 0 Å². The van der Waals surface area contributed by atoms with Crippen molar-refractivity contribution in [1.29, 1.82) is 0 Å². The highest BCUT2D eigenvalue weighted by Crippen LogP contribution is 2.42. The van der Waals surface area contributed by atoms with Crippen LogP contribution in [-0.2, 0) is 6.42 Å². The Bertz CT molecular complexity index is 1110. The number of hydrogen-bond acceptors (Lipinski definition) is 3. The maximum atomic E-state index is 14.6. The lowest BCUT2D eigenvalue weighted by molar-refractivity contribution is -0.155. The monoisotopic (exact) mass is 481 g/mol. The van der Waals surface area contributed by atoms with Crippen LogP contribution in [0.4, 0.5) is 22.0 Å². The largest absolute Gasteiger partial charge is 0.492 e. The lowest BCUT2D eigenvalue weighted by Crippen LogP contribution is -2.47. The van der Waals surface area contributed by atoms with Gasteiger partial charge in [-0.25, -0.2) is 4.39 Å². The summed E-state index contributed by atoms with van der Waals surface area (Å²) in [7, 11) is 0. The summed E-state index contributed by atoms with van der Waals surface area (Å²) in [6.07, 6.45) is -3.56. The number of aromatic nitrogens is 1. The summed E-state index contributed by atoms with van der Waals surface area (Å²) in [5, 5.41) is 3.98. The fraction of sp³-hybridized carbons (Fsp3) is 0.440. The molecule has 9 heteroatoms. The lowest BCUT2D eigenvalue weighted by Gasteiger charge is -2.41. The van der Waals surface area contributed by atoms with Crippen LogP contribution in [0.15, 0.2) is 42.5 Å². The molecule has 1 aliphatic heterocycles. The van der Waals surface area contributed by atoms with Crippen molar-refractivity contribution >= 4 is 10.9 Å². The van der Waals surface area contributed by atoms with Crippen LogP contribution < -0.4 is 10.1 Å². The summed E-state index contributed by atoms with van der Waals surface area (Å²) in [5.41, 5.74) is 2.83. The van der Waals surface area contributed by atoms with Crippen molar-refractivity contribution in [3.05, 3.63) is 65.1 Å². The lowest BCUT2D eigenvalue weighted by atomic mass is 9.88. The van der Waals surface area contributed by atoms with E-state index in [9.17, 15) is 22.0 Å². The Balaban J connectivity index is 1.69. The van der Waals surface area contributed by atoms with Crippen LogP contribution in [0.3, 0.4) is 0 Å². The summed E-state index contributed by atoms with van der Waals surface area (Å²) in [4.78, 5) is 4.67. The van der Waals surface area contributed by atoms with Gasteiger partial charge in [-0.15, -0.1) is 0 Å². The third-order valence-corrected chi connectivity index (χ3v) is 6.12. The van der Waals surface area contributed by atoms with E-state index in [0.29, 0.717) is 37.2 Å². The fourth-order valence-electron chi connectivity index (χ4n) is 4.70. The highest BCUT2D eigenvalue weighted by atomic mass is 19.4. The van der Waals surface area contributed by atoms with E-state index in [0.717, 1.165) is 16.5 Å². The van der Waals surface area contributed by atoms with E-state index in [4.69, 9.17) is 4.74 Å². The van der Waals surface area contributed by atoms with E-state index in [1.54, 1.807) is 13.0 Å². The molecule has 0 radical (unpaired) electrons. The summed E-state index contributed by atoms with van der Waals surface area (Å²) < 4.78 is 73.1. The van der Waals surface area contributed by atoms with Gasteiger partial charge in [0.05, 0.1) is 19.3 Å². The predicted molar refractivity (Wildman–Crippen MR) is 121 cm³/mol. The second-order valence-electron chi connectivity index (χ2n) is 8.67. The van der Waals surface area contributed by atoms with E-state index in [1.165, 1.54) is 17.0 Å². The Morgan fingerprint density at radius 2 is 1.94 bits per heavy atom. The van der Waals surface area contributed by atoms with Crippen molar-refractivity contribution in [2.24, 2.45) is 0 Å². The van der Waals surface area contributed by atoms with Gasteiger partial charge in [-0.2, -0.15) is 13.2 Å². The molecule has 0 bridgehead atoms. The highest BCUT2D eigenvalue weighted by molar-refractivity contribution is 5.85. The van der Waals surface area contributed by atoms with Gasteiger partial charge in [0.15, 0.2) is 0 Å². The molecule has 0 amide bonds. The van der Waals surface area contributed by atoms with Crippen molar-refractivity contribution in [2.75, 3.05) is 32.9 Å². The smallest absolute Gasteiger partial charge is 0.401 e. The molecule has 4 nitrogen and oxygen atoms in total. The van der Waals surface area contributed by atoms with Gasteiger partial charge in [0.25, 0.3) is 0 Å². The molecule has 2 heterocycles. The Morgan fingerprint density at radius 1 is 1.15 bits per heavy atom. The van der Waals surface area contributed by atoms with Crippen LogP contribution in [0.5, 0.6) is 5.75 Å². The first kappa shape index (κ1) is 24.5. The quantitative estimate of drug-likeness (QED) is 0.312. The van der Waals surface area contributed by atoms with Crippen LogP contribution >= 0.6 is 0 Å². The first-order valence-corrected chi connectivity index (χ1v) is 11.4. The van der Waals surface area contributed by atoms with Crippen LogP contribution in [0.25, 0.3) is 10.9 Å². The number of para-hydroxylation sites is 1. The molecule has 3 aromatic rings. The summed E-state index contributed by atoms with van der Waals surface area (Å²) >= 11 is 0. The Labute approximate surface area is 195 Å². The standard InChI is InChI=1S/C25H28F5N3O/c1-16-11-21-20-5-2-3-6-22(20)32-23(21)24(33(16)15-25(28,29)30)17-12-18(27)14-19(13-17)34-10-9-31-8-4-7-26/h2-3,5-6,12-14,16,24,31-32H,4,7-11,15H2,1H3/t16-,24-/m1/s1. The van der Waals surface area contributed by atoms with Gasteiger partial charge in [-0.05, 0) is 55.6 Å².